The summed E-state index contributed by atoms with van der Waals surface area (Å²) in [5, 5.41) is 8.69. The van der Waals surface area contributed by atoms with Crippen molar-refractivity contribution in [3.63, 3.8) is 0 Å². The molecule has 0 radical (unpaired) electrons. The molecular weight excluding hydrogens is 367 g/mol. The van der Waals surface area contributed by atoms with E-state index in [1.54, 1.807) is 18.2 Å². The summed E-state index contributed by atoms with van der Waals surface area (Å²) >= 11 is 13.6. The summed E-state index contributed by atoms with van der Waals surface area (Å²) in [6.07, 6.45) is 0.162. The van der Waals surface area contributed by atoms with Gasteiger partial charge in [0.05, 0.1) is 18.5 Å². The number of benzene rings is 1. The first kappa shape index (κ1) is 18.8. The lowest BCUT2D eigenvalue weighted by Gasteiger charge is -2.19. The van der Waals surface area contributed by atoms with Crippen LogP contribution >= 0.6 is 34.5 Å². The van der Waals surface area contributed by atoms with Gasteiger partial charge < -0.3 is 10.6 Å². The Morgan fingerprint density at radius 1 is 1.21 bits per heavy atom. The molecule has 4 nitrogen and oxygen atoms in total. The van der Waals surface area contributed by atoms with Gasteiger partial charge in [-0.3, -0.25) is 9.59 Å². The van der Waals surface area contributed by atoms with Crippen LogP contribution in [0, 0.1) is 0 Å². The molecule has 0 spiro atoms. The first-order valence-corrected chi connectivity index (χ1v) is 9.05. The molecule has 1 aromatic carbocycles. The minimum absolute atomic E-state index is 0.162. The number of halogens is 2. The van der Waals surface area contributed by atoms with E-state index >= 15 is 0 Å². The molecule has 0 fully saturated rings. The Morgan fingerprint density at radius 3 is 2.54 bits per heavy atom. The first-order chi connectivity index (χ1) is 11.4. The molecule has 1 aromatic heterocycles. The number of rotatable bonds is 6. The molecule has 2 atom stereocenters. The van der Waals surface area contributed by atoms with Gasteiger partial charge in [-0.1, -0.05) is 35.3 Å². The molecule has 24 heavy (non-hydrogen) atoms. The van der Waals surface area contributed by atoms with E-state index in [1.165, 1.54) is 18.3 Å². The number of nitrogens with one attached hydrogen (secondary N) is 2. The van der Waals surface area contributed by atoms with Gasteiger partial charge in [0.15, 0.2) is 0 Å². The lowest BCUT2D eigenvalue weighted by Crippen LogP contribution is -2.33. The summed E-state index contributed by atoms with van der Waals surface area (Å²) in [6.45, 7) is 3.29. The van der Waals surface area contributed by atoms with Crippen molar-refractivity contribution in [2.24, 2.45) is 0 Å². The van der Waals surface area contributed by atoms with Gasteiger partial charge in [0, 0.05) is 21.8 Å². The monoisotopic (exact) mass is 384 g/mol. The Bertz CT molecular complexity index is 719. The summed E-state index contributed by atoms with van der Waals surface area (Å²) in [5.41, 5.74) is 0.793. The highest BCUT2D eigenvalue weighted by molar-refractivity contribution is 7.10. The van der Waals surface area contributed by atoms with Crippen molar-refractivity contribution < 1.29 is 9.59 Å². The third-order valence-electron chi connectivity index (χ3n) is 3.46. The normalized spacial score (nSPS) is 13.2. The number of carbonyl (C=O) groups excluding carboxylic acids is 2. The van der Waals surface area contributed by atoms with E-state index in [9.17, 15) is 9.59 Å². The van der Waals surface area contributed by atoms with Gasteiger partial charge in [0.2, 0.25) is 11.8 Å². The molecule has 0 saturated carbocycles. The fourth-order valence-corrected chi connectivity index (χ4v) is 3.72. The molecule has 0 saturated heterocycles. The molecule has 7 heteroatoms. The Labute approximate surface area is 155 Å². The van der Waals surface area contributed by atoms with Crippen LogP contribution in [-0.4, -0.2) is 11.8 Å². The molecule has 0 bridgehead atoms. The minimum atomic E-state index is -0.338. The quantitative estimate of drug-likeness (QED) is 0.769. The van der Waals surface area contributed by atoms with E-state index in [0.717, 1.165) is 10.4 Å². The zero-order valence-electron chi connectivity index (χ0n) is 13.3. The zero-order valence-corrected chi connectivity index (χ0v) is 15.6. The van der Waals surface area contributed by atoms with Gasteiger partial charge in [-0.2, -0.15) is 0 Å². The second kappa shape index (κ2) is 8.51. The largest absolute Gasteiger partial charge is 0.349 e. The average Bonchev–Trinajstić information content (AvgIpc) is 2.99. The third-order valence-corrected chi connectivity index (χ3v) is 5.01. The SMILES string of the molecule is CC(=O)N[C@@H](CC(=O)N[C@H](C)c1ccc(Cl)cc1Cl)c1cccs1. The summed E-state index contributed by atoms with van der Waals surface area (Å²) in [4.78, 5) is 24.7. The molecule has 0 unspecified atom stereocenters. The molecule has 1 heterocycles. The third kappa shape index (κ3) is 5.23. The number of hydrogen-bond acceptors (Lipinski definition) is 3. The van der Waals surface area contributed by atoms with Crippen molar-refractivity contribution in [2.75, 3.05) is 0 Å². The molecular formula is C17H18Cl2N2O2S. The predicted octanol–water partition coefficient (Wildman–Crippen LogP) is 4.50. The number of amides is 2. The highest BCUT2D eigenvalue weighted by atomic mass is 35.5. The van der Waals surface area contributed by atoms with Crippen LogP contribution < -0.4 is 10.6 Å². The maximum absolute atomic E-state index is 12.4. The van der Waals surface area contributed by atoms with Gasteiger partial charge >= 0.3 is 0 Å². The van der Waals surface area contributed by atoms with Gasteiger partial charge in [-0.05, 0) is 36.1 Å². The van der Waals surface area contributed by atoms with Crippen LogP contribution in [0.4, 0.5) is 0 Å². The van der Waals surface area contributed by atoms with Crippen LogP contribution in [0.15, 0.2) is 35.7 Å². The van der Waals surface area contributed by atoms with E-state index in [0.29, 0.717) is 10.0 Å². The van der Waals surface area contributed by atoms with Crippen LogP contribution in [0.25, 0.3) is 0 Å². The number of hydrogen-bond donors (Lipinski definition) is 2. The number of carbonyl (C=O) groups is 2. The van der Waals surface area contributed by atoms with Gasteiger partial charge in [-0.25, -0.2) is 0 Å². The van der Waals surface area contributed by atoms with Gasteiger partial charge in [0.25, 0.3) is 0 Å². The lowest BCUT2D eigenvalue weighted by molar-refractivity contribution is -0.123. The second-order valence-corrected chi connectivity index (χ2v) is 7.25. The van der Waals surface area contributed by atoms with Crippen molar-refractivity contribution in [1.82, 2.24) is 10.6 Å². The Hall–Kier alpha value is -1.56. The van der Waals surface area contributed by atoms with Crippen molar-refractivity contribution in [3.05, 3.63) is 56.2 Å². The van der Waals surface area contributed by atoms with Crippen LogP contribution in [-0.2, 0) is 9.59 Å². The van der Waals surface area contributed by atoms with E-state index in [2.05, 4.69) is 10.6 Å². The van der Waals surface area contributed by atoms with Crippen molar-refractivity contribution in [3.8, 4) is 0 Å². The van der Waals surface area contributed by atoms with Crippen LogP contribution in [0.3, 0.4) is 0 Å². The van der Waals surface area contributed by atoms with Crippen molar-refractivity contribution in [2.45, 2.75) is 32.4 Å². The van der Waals surface area contributed by atoms with E-state index in [4.69, 9.17) is 23.2 Å². The summed E-state index contributed by atoms with van der Waals surface area (Å²) in [7, 11) is 0. The fraction of sp³-hybridized carbons (Fsp3) is 0.294. The zero-order chi connectivity index (χ0) is 17.7. The molecule has 2 aromatic rings. The Balaban J connectivity index is 2.03. The van der Waals surface area contributed by atoms with E-state index in [1.807, 2.05) is 24.4 Å². The highest BCUT2D eigenvalue weighted by Crippen LogP contribution is 2.27. The van der Waals surface area contributed by atoms with E-state index in [-0.39, 0.29) is 30.3 Å². The van der Waals surface area contributed by atoms with Gasteiger partial charge in [0.1, 0.15) is 0 Å². The lowest BCUT2D eigenvalue weighted by atomic mass is 10.1. The number of thiophene rings is 1. The van der Waals surface area contributed by atoms with Gasteiger partial charge in [-0.15, -0.1) is 11.3 Å². The molecule has 0 aliphatic heterocycles. The highest BCUT2D eigenvalue weighted by Gasteiger charge is 2.20. The Kier molecular flexibility index (Phi) is 6.66. The smallest absolute Gasteiger partial charge is 0.222 e. The topological polar surface area (TPSA) is 58.2 Å². The summed E-state index contributed by atoms with van der Waals surface area (Å²) in [5.74, 6) is -0.337. The average molecular weight is 385 g/mol. The molecule has 0 aliphatic carbocycles. The van der Waals surface area contributed by atoms with Crippen LogP contribution in [0.2, 0.25) is 10.0 Å². The molecule has 2 rings (SSSR count). The predicted molar refractivity (Wildman–Crippen MR) is 98.5 cm³/mol. The Morgan fingerprint density at radius 2 is 1.96 bits per heavy atom. The molecule has 128 valence electrons. The standard InChI is InChI=1S/C17H18Cl2N2O2S/c1-10(13-6-5-12(18)8-14(13)19)20-17(23)9-15(21-11(2)22)16-4-3-7-24-16/h3-8,10,15H,9H2,1-2H3,(H,20,23)(H,21,22)/t10-,15+/m1/s1. The maximum Gasteiger partial charge on any atom is 0.222 e. The fourth-order valence-electron chi connectivity index (χ4n) is 2.37. The van der Waals surface area contributed by atoms with Crippen LogP contribution in [0.5, 0.6) is 0 Å². The second-order valence-electron chi connectivity index (χ2n) is 5.43. The van der Waals surface area contributed by atoms with Crippen molar-refractivity contribution >= 4 is 46.4 Å². The first-order valence-electron chi connectivity index (χ1n) is 7.41. The van der Waals surface area contributed by atoms with Crippen LogP contribution in [0.1, 0.15) is 42.8 Å². The minimum Gasteiger partial charge on any atom is -0.349 e. The molecule has 0 aliphatic rings. The van der Waals surface area contributed by atoms with E-state index < -0.39 is 0 Å². The molecule has 2 N–H and O–H groups in total. The molecule has 2 amide bonds. The van der Waals surface area contributed by atoms with Crippen molar-refractivity contribution in [1.29, 1.82) is 0 Å². The maximum atomic E-state index is 12.4. The summed E-state index contributed by atoms with van der Waals surface area (Å²) < 4.78 is 0. The summed E-state index contributed by atoms with van der Waals surface area (Å²) in [6, 6.07) is 8.37.